The molecule has 0 aliphatic heterocycles. The molecule has 6 nitrogen and oxygen atoms in total. The van der Waals surface area contributed by atoms with Crippen molar-refractivity contribution in [3.63, 3.8) is 0 Å². The molecule has 1 aromatic heterocycles. The topological polar surface area (TPSA) is 67.8 Å². The third-order valence-electron chi connectivity index (χ3n) is 3.48. The summed E-state index contributed by atoms with van der Waals surface area (Å²) in [6.45, 7) is 4.81. The first-order valence-electron chi connectivity index (χ1n) is 8.62. The Bertz CT molecular complexity index is 692. The summed E-state index contributed by atoms with van der Waals surface area (Å²) in [6.07, 6.45) is 2.59. The maximum Gasteiger partial charge on any atom is 0.219 e. The zero-order valence-corrected chi connectivity index (χ0v) is 15.2. The summed E-state index contributed by atoms with van der Waals surface area (Å²) in [4.78, 5) is 8.37. The highest BCUT2D eigenvalue weighted by Gasteiger charge is 2.03. The van der Waals surface area contributed by atoms with Crippen LogP contribution in [0.2, 0.25) is 0 Å². The van der Waals surface area contributed by atoms with Gasteiger partial charge in [-0.05, 0) is 49.2 Å². The predicted molar refractivity (Wildman–Crippen MR) is 100 cm³/mol. The normalized spacial score (nSPS) is 11.3. The molecule has 0 radical (unpaired) electrons. The Morgan fingerprint density at radius 1 is 1.19 bits per heavy atom. The minimum Gasteiger partial charge on any atom is -0.439 e. The fourth-order valence-corrected chi connectivity index (χ4v) is 2.17. The molecule has 0 bridgehead atoms. The van der Waals surface area contributed by atoms with Gasteiger partial charge in [-0.1, -0.05) is 0 Å². The van der Waals surface area contributed by atoms with E-state index in [9.17, 15) is 4.39 Å². The zero-order valence-electron chi connectivity index (χ0n) is 15.2. The van der Waals surface area contributed by atoms with Crippen LogP contribution in [0.25, 0.3) is 0 Å². The van der Waals surface area contributed by atoms with Gasteiger partial charge in [0.1, 0.15) is 11.6 Å². The minimum atomic E-state index is -0.302. The molecule has 2 aromatic rings. The Morgan fingerprint density at radius 3 is 2.73 bits per heavy atom. The van der Waals surface area contributed by atoms with Crippen LogP contribution in [0.4, 0.5) is 4.39 Å². The van der Waals surface area contributed by atoms with Gasteiger partial charge in [0.25, 0.3) is 0 Å². The fourth-order valence-electron chi connectivity index (χ4n) is 2.17. The Balaban J connectivity index is 1.82. The number of rotatable bonds is 9. The second-order valence-electron chi connectivity index (χ2n) is 5.46. The number of halogens is 1. The van der Waals surface area contributed by atoms with Gasteiger partial charge < -0.3 is 20.1 Å². The number of guanidine groups is 1. The molecule has 0 aliphatic rings. The molecule has 7 heteroatoms. The summed E-state index contributed by atoms with van der Waals surface area (Å²) in [5.41, 5.74) is 0.995. The molecule has 0 unspecified atom stereocenters. The third-order valence-corrected chi connectivity index (χ3v) is 3.48. The number of pyridine rings is 1. The molecule has 0 atom stereocenters. The summed E-state index contributed by atoms with van der Waals surface area (Å²) >= 11 is 0. The van der Waals surface area contributed by atoms with Gasteiger partial charge in [0, 0.05) is 45.6 Å². The van der Waals surface area contributed by atoms with Crippen molar-refractivity contribution in [1.29, 1.82) is 0 Å². The maximum absolute atomic E-state index is 12.9. The Morgan fingerprint density at radius 2 is 2.00 bits per heavy atom. The van der Waals surface area contributed by atoms with Crippen LogP contribution >= 0.6 is 0 Å². The molecule has 0 saturated carbocycles. The van der Waals surface area contributed by atoms with Crippen LogP contribution in [-0.4, -0.2) is 37.7 Å². The number of aliphatic imine (C=N–C) groups is 1. The Hall–Kier alpha value is -2.67. The summed E-state index contributed by atoms with van der Waals surface area (Å²) in [7, 11) is 1.73. The van der Waals surface area contributed by atoms with Crippen LogP contribution in [0.3, 0.4) is 0 Å². The van der Waals surface area contributed by atoms with Crippen LogP contribution in [-0.2, 0) is 11.3 Å². The molecule has 2 rings (SSSR count). The van der Waals surface area contributed by atoms with E-state index >= 15 is 0 Å². The lowest BCUT2D eigenvalue weighted by Crippen LogP contribution is -2.37. The van der Waals surface area contributed by atoms with Crippen molar-refractivity contribution in [2.75, 3.05) is 26.8 Å². The molecule has 0 amide bonds. The molecule has 1 aromatic carbocycles. The van der Waals surface area contributed by atoms with E-state index in [-0.39, 0.29) is 5.82 Å². The lowest BCUT2D eigenvalue weighted by Gasteiger charge is -2.12. The number of ether oxygens (including phenoxy) is 2. The zero-order chi connectivity index (χ0) is 18.6. The van der Waals surface area contributed by atoms with E-state index in [4.69, 9.17) is 9.47 Å². The second kappa shape index (κ2) is 11.0. The average Bonchev–Trinajstić information content (AvgIpc) is 2.66. The molecule has 1 heterocycles. The lowest BCUT2D eigenvalue weighted by molar-refractivity contribution is 0.145. The van der Waals surface area contributed by atoms with Crippen molar-refractivity contribution in [2.24, 2.45) is 4.99 Å². The van der Waals surface area contributed by atoms with E-state index in [1.165, 1.54) is 12.1 Å². The fraction of sp³-hybridized carbons (Fsp3) is 0.368. The van der Waals surface area contributed by atoms with Crippen LogP contribution < -0.4 is 15.4 Å². The summed E-state index contributed by atoms with van der Waals surface area (Å²) in [5, 5.41) is 6.48. The van der Waals surface area contributed by atoms with Crippen molar-refractivity contribution in [2.45, 2.75) is 19.9 Å². The molecule has 26 heavy (non-hydrogen) atoms. The van der Waals surface area contributed by atoms with Crippen molar-refractivity contribution in [3.8, 4) is 11.6 Å². The predicted octanol–water partition coefficient (Wildman–Crippen LogP) is 3.10. The van der Waals surface area contributed by atoms with Crippen molar-refractivity contribution < 1.29 is 13.9 Å². The highest BCUT2D eigenvalue weighted by Crippen LogP contribution is 2.20. The van der Waals surface area contributed by atoms with Crippen LogP contribution in [0.5, 0.6) is 11.6 Å². The van der Waals surface area contributed by atoms with E-state index in [0.717, 1.165) is 37.7 Å². The number of benzene rings is 1. The summed E-state index contributed by atoms with van der Waals surface area (Å²) < 4.78 is 23.9. The molecule has 0 spiro atoms. The van der Waals surface area contributed by atoms with E-state index in [0.29, 0.717) is 18.2 Å². The van der Waals surface area contributed by atoms with Crippen LogP contribution in [0.15, 0.2) is 47.6 Å². The quantitative estimate of drug-likeness (QED) is 0.409. The molecule has 0 fully saturated rings. The van der Waals surface area contributed by atoms with E-state index in [1.54, 1.807) is 25.4 Å². The number of nitrogens with zero attached hydrogens (tertiary/aromatic N) is 2. The largest absolute Gasteiger partial charge is 0.439 e. The van der Waals surface area contributed by atoms with Gasteiger partial charge in [0.15, 0.2) is 5.96 Å². The standard InChI is InChI=1S/C19H25FN4O2/c1-3-25-12-4-10-23-19(21-2)24-14-15-9-11-22-18(13-15)26-17-7-5-16(20)6-8-17/h5-9,11,13H,3-4,10,12,14H2,1-2H3,(H2,21,23,24). The van der Waals surface area contributed by atoms with Crippen molar-refractivity contribution in [3.05, 3.63) is 54.0 Å². The SMILES string of the molecule is CCOCCCNC(=NC)NCc1ccnc(Oc2ccc(F)cc2)c1. The Labute approximate surface area is 153 Å². The van der Waals surface area contributed by atoms with Crippen LogP contribution in [0, 0.1) is 5.82 Å². The smallest absolute Gasteiger partial charge is 0.219 e. The summed E-state index contributed by atoms with van der Waals surface area (Å²) in [5.74, 6) is 1.41. The van der Waals surface area contributed by atoms with E-state index < -0.39 is 0 Å². The molecular weight excluding hydrogens is 335 g/mol. The van der Waals surface area contributed by atoms with Crippen molar-refractivity contribution in [1.82, 2.24) is 15.6 Å². The summed E-state index contributed by atoms with van der Waals surface area (Å²) in [6, 6.07) is 9.56. The average molecular weight is 360 g/mol. The molecule has 2 N–H and O–H groups in total. The Kier molecular flexibility index (Phi) is 8.35. The first kappa shape index (κ1) is 19.7. The van der Waals surface area contributed by atoms with Gasteiger partial charge in [-0.25, -0.2) is 9.37 Å². The number of nitrogens with one attached hydrogen (secondary N) is 2. The lowest BCUT2D eigenvalue weighted by atomic mass is 10.2. The highest BCUT2D eigenvalue weighted by atomic mass is 19.1. The third kappa shape index (κ3) is 7.06. The molecule has 0 aliphatic carbocycles. The second-order valence-corrected chi connectivity index (χ2v) is 5.46. The van der Waals surface area contributed by atoms with Gasteiger partial charge in [-0.15, -0.1) is 0 Å². The van der Waals surface area contributed by atoms with E-state index in [2.05, 4.69) is 20.6 Å². The van der Waals surface area contributed by atoms with Gasteiger partial charge >= 0.3 is 0 Å². The first-order chi connectivity index (χ1) is 12.7. The number of aromatic nitrogens is 1. The molecule has 140 valence electrons. The van der Waals surface area contributed by atoms with Crippen molar-refractivity contribution >= 4 is 5.96 Å². The van der Waals surface area contributed by atoms with E-state index in [1.807, 2.05) is 19.1 Å². The first-order valence-corrected chi connectivity index (χ1v) is 8.62. The number of hydrogen-bond acceptors (Lipinski definition) is 4. The molecular formula is C19H25FN4O2. The van der Waals surface area contributed by atoms with Gasteiger partial charge in [0.05, 0.1) is 0 Å². The van der Waals surface area contributed by atoms with Gasteiger partial charge in [-0.2, -0.15) is 0 Å². The monoisotopic (exact) mass is 360 g/mol. The maximum atomic E-state index is 12.9. The number of hydrogen-bond donors (Lipinski definition) is 2. The van der Waals surface area contributed by atoms with Gasteiger partial charge in [-0.3, -0.25) is 4.99 Å². The minimum absolute atomic E-state index is 0.302. The van der Waals surface area contributed by atoms with Gasteiger partial charge in [0.2, 0.25) is 5.88 Å². The highest BCUT2D eigenvalue weighted by molar-refractivity contribution is 5.79. The van der Waals surface area contributed by atoms with Crippen LogP contribution in [0.1, 0.15) is 18.9 Å². The molecule has 0 saturated heterocycles.